The predicted molar refractivity (Wildman–Crippen MR) is 147 cm³/mol. The maximum atomic E-state index is 12.3. The van der Waals surface area contributed by atoms with E-state index in [4.69, 9.17) is 14.5 Å². The molecule has 0 unspecified atom stereocenters. The lowest BCUT2D eigenvalue weighted by molar-refractivity contribution is -0.178. The van der Waals surface area contributed by atoms with E-state index >= 15 is 0 Å². The normalized spacial score (nSPS) is 16.9. The molecule has 4 nitrogen and oxygen atoms in total. The molecular weight excluding hydrogens is 486 g/mol. The summed E-state index contributed by atoms with van der Waals surface area (Å²) in [6, 6.07) is 14.3. The minimum absolute atomic E-state index is 0.461. The number of aldehydes is 1. The Balaban J connectivity index is 1.58. The lowest BCUT2D eigenvalue weighted by Gasteiger charge is -2.28. The number of benzene rings is 2. The van der Waals surface area contributed by atoms with Crippen molar-refractivity contribution < 1.29 is 28.1 Å². The van der Waals surface area contributed by atoms with E-state index in [0.29, 0.717) is 61.2 Å². The summed E-state index contributed by atoms with van der Waals surface area (Å²) < 4.78 is 30.6. The highest BCUT2D eigenvalue weighted by Gasteiger charge is 2.22. The van der Waals surface area contributed by atoms with E-state index in [0.717, 1.165) is 61.2 Å². The van der Waals surface area contributed by atoms with Gasteiger partial charge in [-0.2, -0.15) is 13.7 Å². The van der Waals surface area contributed by atoms with Crippen LogP contribution in [0.15, 0.2) is 78.9 Å². The van der Waals surface area contributed by atoms with Crippen LogP contribution >= 0.6 is 0 Å². The van der Waals surface area contributed by atoms with Gasteiger partial charge >= 0.3 is 0 Å². The summed E-state index contributed by atoms with van der Waals surface area (Å²) in [7, 11) is 1.46. The monoisotopic (exact) mass is 524 g/mol. The Morgan fingerprint density at radius 2 is 1.66 bits per heavy atom. The summed E-state index contributed by atoms with van der Waals surface area (Å²) in [6.45, 7) is 8.22. The molecule has 2 aromatic carbocycles. The van der Waals surface area contributed by atoms with E-state index in [9.17, 15) is 13.6 Å². The van der Waals surface area contributed by atoms with Gasteiger partial charge in [0.25, 0.3) is 6.08 Å². The maximum absolute atomic E-state index is 12.3. The van der Waals surface area contributed by atoms with Crippen molar-refractivity contribution in [1.82, 2.24) is 0 Å². The van der Waals surface area contributed by atoms with Crippen molar-refractivity contribution in [3.63, 3.8) is 0 Å². The molecule has 0 radical (unpaired) electrons. The number of ether oxygens (including phenoxy) is 1. The zero-order valence-corrected chi connectivity index (χ0v) is 22.2. The summed E-state index contributed by atoms with van der Waals surface area (Å²) in [4.78, 5) is 20.9. The third-order valence-electron chi connectivity index (χ3n) is 7.19. The molecule has 204 valence electrons. The number of hydrogen-bond acceptors (Lipinski definition) is 4. The SMILES string of the molecule is C=C(C=O)CCC(=C)CCOc1cc(OOC)cc(-c2ccc(C3CCC(CCC=C(F)F)CC3)cc2)c1. The van der Waals surface area contributed by atoms with Gasteiger partial charge in [-0.15, -0.1) is 0 Å². The molecule has 0 N–H and O–H groups in total. The highest BCUT2D eigenvalue weighted by molar-refractivity contribution is 5.71. The van der Waals surface area contributed by atoms with Crippen LogP contribution in [0.3, 0.4) is 0 Å². The fourth-order valence-corrected chi connectivity index (χ4v) is 4.96. The first-order valence-corrected chi connectivity index (χ1v) is 13.3. The van der Waals surface area contributed by atoms with Crippen LogP contribution in [-0.2, 0) is 9.68 Å². The average molecular weight is 525 g/mol. The quantitative estimate of drug-likeness (QED) is 0.0767. The number of allylic oxidation sites excluding steroid dienone is 2. The molecule has 0 atom stereocenters. The molecule has 0 saturated heterocycles. The standard InChI is InChI=1S/C32H38F2O4/c1-23(7-8-24(2)22-35)17-18-37-30-19-29(20-31(21-30)38-36-3)28-15-13-27(14-16-28)26-11-9-25(10-12-26)5-4-6-32(33)34/h6,13-16,19-22,25-26H,1-2,4-5,7-12,17-18H2,3H3. The molecule has 0 heterocycles. The van der Waals surface area contributed by atoms with Gasteiger partial charge in [-0.25, -0.2) is 0 Å². The molecule has 0 aromatic heterocycles. The van der Waals surface area contributed by atoms with Gasteiger partial charge in [0, 0.05) is 12.5 Å². The fraction of sp³-hybridized carbons (Fsp3) is 0.406. The zero-order valence-electron chi connectivity index (χ0n) is 22.2. The molecule has 0 aliphatic heterocycles. The van der Waals surface area contributed by atoms with Crippen molar-refractivity contribution in [3.05, 3.63) is 84.5 Å². The summed E-state index contributed by atoms with van der Waals surface area (Å²) in [5.74, 6) is 2.26. The fourth-order valence-electron chi connectivity index (χ4n) is 4.96. The van der Waals surface area contributed by atoms with Crippen LogP contribution in [0.1, 0.15) is 69.3 Å². The van der Waals surface area contributed by atoms with Crippen LogP contribution in [0.5, 0.6) is 11.5 Å². The van der Waals surface area contributed by atoms with Crippen molar-refractivity contribution in [2.24, 2.45) is 5.92 Å². The molecule has 0 spiro atoms. The lowest BCUT2D eigenvalue weighted by Crippen LogP contribution is -2.13. The molecular formula is C32H38F2O4. The van der Waals surface area contributed by atoms with Gasteiger partial charge in [-0.1, -0.05) is 43.0 Å². The Hall–Kier alpha value is -3.25. The lowest BCUT2D eigenvalue weighted by atomic mass is 9.77. The molecule has 0 bridgehead atoms. The number of rotatable bonds is 15. The molecule has 1 aliphatic carbocycles. The molecule has 6 heteroatoms. The molecule has 1 aliphatic rings. The first-order chi connectivity index (χ1) is 18.4. The number of halogens is 2. The van der Waals surface area contributed by atoms with Gasteiger partial charge in [0.05, 0.1) is 13.7 Å². The van der Waals surface area contributed by atoms with Crippen LogP contribution in [-0.4, -0.2) is 20.0 Å². The van der Waals surface area contributed by atoms with E-state index in [1.807, 2.05) is 12.1 Å². The second kappa shape index (κ2) is 15.2. The summed E-state index contributed by atoms with van der Waals surface area (Å²) in [5.41, 5.74) is 4.90. The predicted octanol–water partition coefficient (Wildman–Crippen LogP) is 8.99. The molecule has 1 fully saturated rings. The van der Waals surface area contributed by atoms with Crippen molar-refractivity contribution in [2.75, 3.05) is 13.7 Å². The van der Waals surface area contributed by atoms with Crippen LogP contribution in [0.25, 0.3) is 11.1 Å². The van der Waals surface area contributed by atoms with Gasteiger partial charge in [0.15, 0.2) is 5.75 Å². The smallest absolute Gasteiger partial charge is 0.266 e. The van der Waals surface area contributed by atoms with Gasteiger partial charge < -0.3 is 9.62 Å². The van der Waals surface area contributed by atoms with Crippen molar-refractivity contribution in [1.29, 1.82) is 0 Å². The van der Waals surface area contributed by atoms with E-state index in [1.165, 1.54) is 12.7 Å². The Morgan fingerprint density at radius 3 is 2.32 bits per heavy atom. The van der Waals surface area contributed by atoms with Crippen molar-refractivity contribution >= 4 is 6.29 Å². The summed E-state index contributed by atoms with van der Waals surface area (Å²) in [5, 5.41) is 0. The second-order valence-electron chi connectivity index (χ2n) is 9.98. The third-order valence-corrected chi connectivity index (χ3v) is 7.19. The Morgan fingerprint density at radius 1 is 0.947 bits per heavy atom. The molecule has 1 saturated carbocycles. The Kier molecular flexibility index (Phi) is 11.7. The summed E-state index contributed by atoms with van der Waals surface area (Å²) in [6.07, 6.45) is 7.93. The maximum Gasteiger partial charge on any atom is 0.266 e. The van der Waals surface area contributed by atoms with Crippen LogP contribution < -0.4 is 9.62 Å². The number of carbonyl (C=O) groups is 1. The average Bonchev–Trinajstić information content (AvgIpc) is 2.92. The Labute approximate surface area is 224 Å². The van der Waals surface area contributed by atoms with Crippen molar-refractivity contribution in [3.8, 4) is 22.6 Å². The van der Waals surface area contributed by atoms with Crippen molar-refractivity contribution in [2.45, 2.75) is 63.7 Å². The molecule has 3 rings (SSSR count). The minimum Gasteiger partial charge on any atom is -0.493 e. The summed E-state index contributed by atoms with van der Waals surface area (Å²) >= 11 is 0. The van der Waals surface area contributed by atoms with E-state index in [1.54, 1.807) is 6.07 Å². The molecule has 0 amide bonds. The number of carbonyl (C=O) groups excluding carboxylic acids is 1. The van der Waals surface area contributed by atoms with Gasteiger partial charge in [-0.3, -0.25) is 4.79 Å². The number of hydrogen-bond donors (Lipinski definition) is 0. The first kappa shape index (κ1) is 29.3. The zero-order chi connectivity index (χ0) is 27.3. The van der Waals surface area contributed by atoms with Gasteiger partial charge in [-0.05, 0) is 104 Å². The van der Waals surface area contributed by atoms with Gasteiger partial charge in [0.2, 0.25) is 0 Å². The largest absolute Gasteiger partial charge is 0.493 e. The molecule has 2 aromatic rings. The van der Waals surface area contributed by atoms with Crippen LogP contribution in [0, 0.1) is 5.92 Å². The second-order valence-corrected chi connectivity index (χ2v) is 9.98. The molecule has 38 heavy (non-hydrogen) atoms. The third kappa shape index (κ3) is 9.56. The topological polar surface area (TPSA) is 44.8 Å². The first-order valence-electron chi connectivity index (χ1n) is 13.3. The van der Waals surface area contributed by atoms with Gasteiger partial charge in [0.1, 0.15) is 12.0 Å². The van der Waals surface area contributed by atoms with E-state index < -0.39 is 6.08 Å². The van der Waals surface area contributed by atoms with E-state index in [2.05, 4.69) is 37.4 Å². The van der Waals surface area contributed by atoms with Crippen LogP contribution in [0.4, 0.5) is 8.78 Å². The Bertz CT molecular complexity index is 1090. The van der Waals surface area contributed by atoms with Crippen LogP contribution in [0.2, 0.25) is 0 Å². The minimum atomic E-state index is -1.57. The van der Waals surface area contributed by atoms with E-state index in [-0.39, 0.29) is 0 Å². The highest BCUT2D eigenvalue weighted by atomic mass is 19.3. The highest BCUT2D eigenvalue weighted by Crippen LogP contribution is 2.38.